The van der Waals surface area contributed by atoms with Crippen LogP contribution in [0.25, 0.3) is 0 Å². The Bertz CT molecular complexity index is 503. The van der Waals surface area contributed by atoms with Gasteiger partial charge in [-0.3, -0.25) is 4.79 Å². The Kier molecular flexibility index (Phi) is 3.17. The smallest absolute Gasteiger partial charge is 0.251 e. The fourth-order valence-corrected chi connectivity index (χ4v) is 3.62. The van der Waals surface area contributed by atoms with Gasteiger partial charge in [0.1, 0.15) is 5.82 Å². The van der Waals surface area contributed by atoms with Gasteiger partial charge in [0.15, 0.2) is 0 Å². The number of nitrogens with one attached hydrogen (secondary N) is 1. The van der Waals surface area contributed by atoms with E-state index in [4.69, 9.17) is 5.73 Å². The molecule has 0 saturated heterocycles. The van der Waals surface area contributed by atoms with E-state index in [0.717, 1.165) is 11.8 Å². The molecule has 1 aromatic carbocycles. The van der Waals surface area contributed by atoms with Crippen LogP contribution in [-0.2, 0) is 0 Å². The lowest BCUT2D eigenvalue weighted by atomic mass is 9.89. The third-order valence-electron chi connectivity index (χ3n) is 4.67. The van der Waals surface area contributed by atoms with E-state index in [1.807, 2.05) is 0 Å². The average Bonchev–Trinajstić information content (AvgIpc) is 3.01. The van der Waals surface area contributed by atoms with Crippen LogP contribution in [0.2, 0.25) is 0 Å². The number of nitrogen functional groups attached to an aromatic ring is 1. The predicted octanol–water partition coefficient (Wildman–Crippen LogP) is 2.57. The zero-order chi connectivity index (χ0) is 13.4. The van der Waals surface area contributed by atoms with Crippen LogP contribution in [-0.4, -0.2) is 12.5 Å². The van der Waals surface area contributed by atoms with E-state index in [1.165, 1.54) is 37.8 Å². The van der Waals surface area contributed by atoms with Crippen molar-refractivity contribution in [3.05, 3.63) is 29.6 Å². The first kappa shape index (κ1) is 12.5. The van der Waals surface area contributed by atoms with Crippen LogP contribution in [0.5, 0.6) is 0 Å². The molecule has 3 nitrogen and oxygen atoms in total. The molecule has 4 heteroatoms. The van der Waals surface area contributed by atoms with Crippen molar-refractivity contribution in [2.45, 2.75) is 25.7 Å². The normalized spacial score (nSPS) is 28.6. The third kappa shape index (κ3) is 2.44. The molecular weight excluding hydrogens is 243 g/mol. The monoisotopic (exact) mass is 262 g/mol. The summed E-state index contributed by atoms with van der Waals surface area (Å²) in [5, 5.41) is 2.93. The number of fused-ring (bicyclic) bond motifs is 2. The molecule has 2 fully saturated rings. The summed E-state index contributed by atoms with van der Waals surface area (Å²) in [7, 11) is 0. The predicted molar refractivity (Wildman–Crippen MR) is 72.1 cm³/mol. The lowest BCUT2D eigenvalue weighted by Crippen LogP contribution is -2.31. The zero-order valence-electron chi connectivity index (χ0n) is 10.9. The maximum Gasteiger partial charge on any atom is 0.251 e. The molecule has 3 atom stereocenters. The number of carbonyl (C=O) groups is 1. The highest BCUT2D eigenvalue weighted by Gasteiger charge is 2.39. The molecule has 3 unspecified atom stereocenters. The SMILES string of the molecule is Nc1ccc(C(=O)NCC2CC3CCC2C3)cc1F. The summed E-state index contributed by atoms with van der Waals surface area (Å²) in [6, 6.07) is 4.20. The molecule has 2 saturated carbocycles. The van der Waals surface area contributed by atoms with E-state index >= 15 is 0 Å². The number of amides is 1. The molecule has 0 spiro atoms. The van der Waals surface area contributed by atoms with Crippen LogP contribution in [0.15, 0.2) is 18.2 Å². The van der Waals surface area contributed by atoms with Crippen LogP contribution in [0.3, 0.4) is 0 Å². The van der Waals surface area contributed by atoms with Crippen molar-refractivity contribution < 1.29 is 9.18 Å². The highest BCUT2D eigenvalue weighted by molar-refractivity contribution is 5.94. The van der Waals surface area contributed by atoms with Crippen LogP contribution < -0.4 is 11.1 Å². The maximum atomic E-state index is 13.3. The Morgan fingerprint density at radius 2 is 2.21 bits per heavy atom. The topological polar surface area (TPSA) is 55.1 Å². The molecule has 19 heavy (non-hydrogen) atoms. The summed E-state index contributed by atoms with van der Waals surface area (Å²) >= 11 is 0. The van der Waals surface area contributed by atoms with Crippen molar-refractivity contribution >= 4 is 11.6 Å². The van der Waals surface area contributed by atoms with Gasteiger partial charge < -0.3 is 11.1 Å². The molecule has 3 rings (SSSR count). The van der Waals surface area contributed by atoms with Crippen molar-refractivity contribution in [1.29, 1.82) is 0 Å². The van der Waals surface area contributed by atoms with E-state index in [2.05, 4.69) is 5.32 Å². The van der Waals surface area contributed by atoms with E-state index in [0.29, 0.717) is 18.0 Å². The quantitative estimate of drug-likeness (QED) is 0.823. The lowest BCUT2D eigenvalue weighted by molar-refractivity contribution is 0.0941. The van der Waals surface area contributed by atoms with Crippen molar-refractivity contribution in [1.82, 2.24) is 5.32 Å². The second-order valence-electron chi connectivity index (χ2n) is 5.88. The second kappa shape index (κ2) is 4.83. The molecule has 1 aromatic rings. The first-order valence-corrected chi connectivity index (χ1v) is 6.96. The molecule has 1 amide bonds. The number of hydrogen-bond donors (Lipinski definition) is 2. The Morgan fingerprint density at radius 3 is 2.84 bits per heavy atom. The van der Waals surface area contributed by atoms with Gasteiger partial charge in [-0.2, -0.15) is 0 Å². The number of benzene rings is 1. The van der Waals surface area contributed by atoms with Crippen molar-refractivity contribution in [3.63, 3.8) is 0 Å². The highest BCUT2D eigenvalue weighted by Crippen LogP contribution is 2.47. The largest absolute Gasteiger partial charge is 0.396 e. The summed E-state index contributed by atoms with van der Waals surface area (Å²) in [6.45, 7) is 0.714. The van der Waals surface area contributed by atoms with E-state index < -0.39 is 5.82 Å². The number of halogens is 1. The summed E-state index contributed by atoms with van der Waals surface area (Å²) in [6.07, 6.45) is 5.23. The Balaban J connectivity index is 1.57. The molecule has 0 aliphatic heterocycles. The molecule has 0 radical (unpaired) electrons. The van der Waals surface area contributed by atoms with Gasteiger partial charge in [-0.1, -0.05) is 6.42 Å². The summed E-state index contributed by atoms with van der Waals surface area (Å²) in [4.78, 5) is 12.0. The van der Waals surface area contributed by atoms with Crippen LogP contribution in [0.4, 0.5) is 10.1 Å². The molecule has 102 valence electrons. The van der Waals surface area contributed by atoms with Gasteiger partial charge in [-0.05, 0) is 55.2 Å². The molecule has 2 aliphatic rings. The third-order valence-corrected chi connectivity index (χ3v) is 4.67. The molecule has 3 N–H and O–H groups in total. The number of anilines is 1. The van der Waals surface area contributed by atoms with Crippen molar-refractivity contribution in [2.24, 2.45) is 17.8 Å². The van der Waals surface area contributed by atoms with Crippen LogP contribution in [0, 0.1) is 23.6 Å². The first-order chi connectivity index (χ1) is 9.13. The number of rotatable bonds is 3. The average molecular weight is 262 g/mol. The van der Waals surface area contributed by atoms with Crippen LogP contribution in [0.1, 0.15) is 36.0 Å². The Morgan fingerprint density at radius 1 is 1.37 bits per heavy atom. The first-order valence-electron chi connectivity index (χ1n) is 6.96. The van der Waals surface area contributed by atoms with Crippen LogP contribution >= 0.6 is 0 Å². The fourth-order valence-electron chi connectivity index (χ4n) is 3.62. The fraction of sp³-hybridized carbons (Fsp3) is 0.533. The maximum absolute atomic E-state index is 13.3. The van der Waals surface area contributed by atoms with Crippen molar-refractivity contribution in [3.8, 4) is 0 Å². The Labute approximate surface area is 112 Å². The van der Waals surface area contributed by atoms with Gasteiger partial charge in [-0.15, -0.1) is 0 Å². The number of nitrogens with two attached hydrogens (primary N) is 1. The van der Waals surface area contributed by atoms with Gasteiger partial charge >= 0.3 is 0 Å². The van der Waals surface area contributed by atoms with Gasteiger partial charge in [0, 0.05) is 12.1 Å². The minimum Gasteiger partial charge on any atom is -0.396 e. The molecule has 2 aliphatic carbocycles. The minimum absolute atomic E-state index is 0.0738. The summed E-state index contributed by atoms with van der Waals surface area (Å²) < 4.78 is 13.3. The van der Waals surface area contributed by atoms with E-state index in [-0.39, 0.29) is 11.6 Å². The van der Waals surface area contributed by atoms with Crippen molar-refractivity contribution in [2.75, 3.05) is 12.3 Å². The summed E-state index contributed by atoms with van der Waals surface area (Å²) in [5.74, 6) is 1.53. The van der Waals surface area contributed by atoms with Gasteiger partial charge in [0.05, 0.1) is 5.69 Å². The molecule has 2 bridgehead atoms. The number of carbonyl (C=O) groups excluding carboxylic acids is 1. The molecule has 0 aromatic heterocycles. The standard InChI is InChI=1S/C15H19FN2O/c16-13-7-11(3-4-14(13)17)15(19)18-8-12-6-9-1-2-10(12)5-9/h3-4,7,9-10,12H,1-2,5-6,8,17H2,(H,18,19). The van der Waals surface area contributed by atoms with Gasteiger partial charge in [-0.25, -0.2) is 4.39 Å². The summed E-state index contributed by atoms with van der Waals surface area (Å²) in [5.41, 5.74) is 5.81. The highest BCUT2D eigenvalue weighted by atomic mass is 19.1. The van der Waals surface area contributed by atoms with E-state index in [1.54, 1.807) is 6.07 Å². The van der Waals surface area contributed by atoms with Gasteiger partial charge in [0.25, 0.3) is 5.91 Å². The second-order valence-corrected chi connectivity index (χ2v) is 5.88. The zero-order valence-corrected chi connectivity index (χ0v) is 10.9. The molecule has 0 heterocycles. The van der Waals surface area contributed by atoms with Gasteiger partial charge in [0.2, 0.25) is 0 Å². The Hall–Kier alpha value is -1.58. The lowest BCUT2D eigenvalue weighted by Gasteiger charge is -2.21. The van der Waals surface area contributed by atoms with E-state index in [9.17, 15) is 9.18 Å². The number of hydrogen-bond acceptors (Lipinski definition) is 2. The minimum atomic E-state index is -0.535. The molecular formula is C15H19FN2O.